The van der Waals surface area contributed by atoms with Crippen LogP contribution in [0.25, 0.3) is 0 Å². The average molecular weight is 378 g/mol. The van der Waals surface area contributed by atoms with Crippen LogP contribution in [0.15, 0.2) is 48.5 Å². The molecule has 0 spiro atoms. The van der Waals surface area contributed by atoms with Crippen LogP contribution in [0.3, 0.4) is 0 Å². The number of hydrogen-bond acceptors (Lipinski definition) is 5. The minimum absolute atomic E-state index is 0.0886. The lowest BCUT2D eigenvalue weighted by molar-refractivity contribution is -0.384. The van der Waals surface area contributed by atoms with Gasteiger partial charge in [-0.15, -0.1) is 0 Å². The van der Waals surface area contributed by atoms with Gasteiger partial charge < -0.3 is 15.0 Å². The molecule has 0 saturated heterocycles. The van der Waals surface area contributed by atoms with Crippen molar-refractivity contribution in [2.24, 2.45) is 0 Å². The van der Waals surface area contributed by atoms with Gasteiger partial charge in [0.2, 0.25) is 0 Å². The SMILES string of the molecule is CN(C)C(CNC(=O)COc1cccc([N+](=O)[O-])c1)c1ccccc1Cl. The fraction of sp³-hybridized carbons (Fsp3) is 0.278. The van der Waals surface area contributed by atoms with E-state index in [1.165, 1.54) is 18.2 Å². The minimum Gasteiger partial charge on any atom is -0.484 e. The Balaban J connectivity index is 1.92. The highest BCUT2D eigenvalue weighted by Crippen LogP contribution is 2.25. The lowest BCUT2D eigenvalue weighted by atomic mass is 10.1. The van der Waals surface area contributed by atoms with E-state index >= 15 is 0 Å². The third-order valence-electron chi connectivity index (χ3n) is 3.78. The first-order valence-corrected chi connectivity index (χ1v) is 8.31. The van der Waals surface area contributed by atoms with Crippen molar-refractivity contribution in [1.82, 2.24) is 10.2 Å². The molecule has 0 aliphatic carbocycles. The van der Waals surface area contributed by atoms with Crippen LogP contribution in [0, 0.1) is 10.1 Å². The highest BCUT2D eigenvalue weighted by atomic mass is 35.5. The van der Waals surface area contributed by atoms with Gasteiger partial charge in [-0.25, -0.2) is 0 Å². The topological polar surface area (TPSA) is 84.7 Å². The van der Waals surface area contributed by atoms with Gasteiger partial charge in [-0.2, -0.15) is 0 Å². The molecule has 1 unspecified atom stereocenters. The van der Waals surface area contributed by atoms with E-state index in [0.717, 1.165) is 5.56 Å². The molecule has 0 saturated carbocycles. The summed E-state index contributed by atoms with van der Waals surface area (Å²) in [6.45, 7) is 0.123. The predicted molar refractivity (Wildman–Crippen MR) is 99.5 cm³/mol. The molecule has 2 rings (SSSR count). The quantitative estimate of drug-likeness (QED) is 0.564. The molecular formula is C18H20ClN3O4. The number of hydrogen-bond donors (Lipinski definition) is 1. The van der Waals surface area contributed by atoms with Crippen LogP contribution in [-0.2, 0) is 4.79 Å². The van der Waals surface area contributed by atoms with E-state index in [-0.39, 0.29) is 30.0 Å². The molecule has 138 valence electrons. The summed E-state index contributed by atoms with van der Waals surface area (Å²) in [6.07, 6.45) is 0. The second kappa shape index (κ2) is 9.17. The molecule has 7 nitrogen and oxygen atoms in total. The Morgan fingerprint density at radius 3 is 2.65 bits per heavy atom. The molecule has 0 aliphatic rings. The second-order valence-electron chi connectivity index (χ2n) is 5.85. The molecule has 1 N–H and O–H groups in total. The van der Waals surface area contributed by atoms with E-state index in [0.29, 0.717) is 11.6 Å². The maximum Gasteiger partial charge on any atom is 0.273 e. The van der Waals surface area contributed by atoms with Crippen molar-refractivity contribution in [3.63, 3.8) is 0 Å². The zero-order valence-electron chi connectivity index (χ0n) is 14.5. The summed E-state index contributed by atoms with van der Waals surface area (Å²) in [5.74, 6) is -0.0555. The summed E-state index contributed by atoms with van der Waals surface area (Å²) in [4.78, 5) is 24.3. The first kappa shape index (κ1) is 19.7. The maximum atomic E-state index is 12.1. The normalized spacial score (nSPS) is 11.8. The second-order valence-corrected chi connectivity index (χ2v) is 6.26. The van der Waals surface area contributed by atoms with Crippen molar-refractivity contribution in [3.8, 4) is 5.75 Å². The third kappa shape index (κ3) is 5.44. The summed E-state index contributed by atoms with van der Waals surface area (Å²) >= 11 is 6.24. The van der Waals surface area contributed by atoms with E-state index in [1.807, 2.05) is 37.2 Å². The first-order valence-electron chi connectivity index (χ1n) is 7.93. The van der Waals surface area contributed by atoms with Gasteiger partial charge in [-0.3, -0.25) is 14.9 Å². The minimum atomic E-state index is -0.516. The molecule has 0 heterocycles. The van der Waals surface area contributed by atoms with Crippen molar-refractivity contribution in [1.29, 1.82) is 0 Å². The van der Waals surface area contributed by atoms with Crippen LogP contribution in [-0.4, -0.2) is 43.0 Å². The molecule has 2 aromatic carbocycles. The van der Waals surface area contributed by atoms with Gasteiger partial charge in [0.1, 0.15) is 5.75 Å². The largest absolute Gasteiger partial charge is 0.484 e. The van der Waals surface area contributed by atoms with E-state index in [9.17, 15) is 14.9 Å². The summed E-state index contributed by atoms with van der Waals surface area (Å²) in [6, 6.07) is 13.1. The van der Waals surface area contributed by atoms with Gasteiger partial charge in [0.15, 0.2) is 6.61 Å². The van der Waals surface area contributed by atoms with Crippen LogP contribution >= 0.6 is 11.6 Å². The van der Waals surface area contributed by atoms with Gasteiger partial charge >= 0.3 is 0 Å². The molecule has 0 fully saturated rings. The summed E-state index contributed by atoms with van der Waals surface area (Å²) in [7, 11) is 3.81. The van der Waals surface area contributed by atoms with Gasteiger partial charge in [0.25, 0.3) is 11.6 Å². The number of ether oxygens (including phenoxy) is 1. The predicted octanol–water partition coefficient (Wildman–Crippen LogP) is 3.05. The Hall–Kier alpha value is -2.64. The van der Waals surface area contributed by atoms with E-state index in [2.05, 4.69) is 5.32 Å². The van der Waals surface area contributed by atoms with Crippen LogP contribution in [0.2, 0.25) is 5.02 Å². The van der Waals surface area contributed by atoms with Crippen molar-refractivity contribution in [3.05, 3.63) is 69.2 Å². The molecule has 0 aromatic heterocycles. The lowest BCUT2D eigenvalue weighted by Gasteiger charge is -2.26. The van der Waals surface area contributed by atoms with Crippen LogP contribution in [0.1, 0.15) is 11.6 Å². The fourth-order valence-electron chi connectivity index (χ4n) is 2.41. The van der Waals surface area contributed by atoms with Crippen LogP contribution in [0.5, 0.6) is 5.75 Å². The molecule has 1 amide bonds. The van der Waals surface area contributed by atoms with E-state index < -0.39 is 4.92 Å². The fourth-order valence-corrected chi connectivity index (χ4v) is 2.68. The number of nitrogens with one attached hydrogen (secondary N) is 1. The number of benzene rings is 2. The maximum absolute atomic E-state index is 12.1. The van der Waals surface area contributed by atoms with Crippen LogP contribution in [0.4, 0.5) is 5.69 Å². The van der Waals surface area contributed by atoms with E-state index in [4.69, 9.17) is 16.3 Å². The number of nitrogens with zero attached hydrogens (tertiary/aromatic N) is 2. The highest BCUT2D eigenvalue weighted by molar-refractivity contribution is 6.31. The molecule has 2 aromatic rings. The molecule has 0 radical (unpaired) electrons. The lowest BCUT2D eigenvalue weighted by Crippen LogP contribution is -2.37. The number of rotatable bonds is 8. The number of nitro groups is 1. The smallest absolute Gasteiger partial charge is 0.273 e. The summed E-state index contributed by atoms with van der Waals surface area (Å²) in [5, 5.41) is 14.2. The molecule has 0 bridgehead atoms. The van der Waals surface area contributed by atoms with Crippen molar-refractivity contribution < 1.29 is 14.5 Å². The number of carbonyl (C=O) groups is 1. The van der Waals surface area contributed by atoms with Crippen molar-refractivity contribution >= 4 is 23.2 Å². The number of non-ortho nitro benzene ring substituents is 1. The Morgan fingerprint density at radius 2 is 2.00 bits per heavy atom. The zero-order valence-corrected chi connectivity index (χ0v) is 15.3. The molecule has 8 heteroatoms. The molecule has 0 aliphatic heterocycles. The number of carbonyl (C=O) groups excluding carboxylic acids is 1. The third-order valence-corrected chi connectivity index (χ3v) is 4.12. The van der Waals surface area contributed by atoms with Crippen molar-refractivity contribution in [2.45, 2.75) is 6.04 Å². The van der Waals surface area contributed by atoms with E-state index in [1.54, 1.807) is 12.1 Å². The monoisotopic (exact) mass is 377 g/mol. The molecule has 1 atom stereocenters. The number of halogens is 1. The Bertz CT molecular complexity index is 783. The zero-order chi connectivity index (χ0) is 19.1. The summed E-state index contributed by atoms with van der Waals surface area (Å²) in [5.41, 5.74) is 0.827. The van der Waals surface area contributed by atoms with Gasteiger partial charge in [-0.1, -0.05) is 35.9 Å². The Kier molecular flexibility index (Phi) is 6.94. The first-order chi connectivity index (χ1) is 12.4. The van der Waals surface area contributed by atoms with Gasteiger partial charge in [-0.05, 0) is 31.8 Å². The van der Waals surface area contributed by atoms with Gasteiger partial charge in [0, 0.05) is 17.6 Å². The number of nitro benzene ring substituents is 1. The van der Waals surface area contributed by atoms with Crippen LogP contribution < -0.4 is 10.1 Å². The van der Waals surface area contributed by atoms with Gasteiger partial charge in [0.05, 0.1) is 17.0 Å². The molecular weight excluding hydrogens is 358 g/mol. The summed E-state index contributed by atoms with van der Waals surface area (Å²) < 4.78 is 5.32. The molecule has 26 heavy (non-hydrogen) atoms. The number of likely N-dealkylation sites (N-methyl/N-ethyl adjacent to an activating group) is 1. The Morgan fingerprint density at radius 1 is 1.27 bits per heavy atom. The standard InChI is InChI=1S/C18H20ClN3O4/c1-21(2)17(15-8-3-4-9-16(15)19)11-20-18(23)12-26-14-7-5-6-13(10-14)22(24)25/h3-10,17H,11-12H2,1-2H3,(H,20,23). The Labute approximate surface area is 156 Å². The average Bonchev–Trinajstić information content (AvgIpc) is 2.61. The van der Waals surface area contributed by atoms with Crippen molar-refractivity contribution in [2.75, 3.05) is 27.2 Å². The number of amides is 1. The highest BCUT2D eigenvalue weighted by Gasteiger charge is 2.18.